The second-order valence-electron chi connectivity index (χ2n) is 6.88. The second kappa shape index (κ2) is 8.46. The van der Waals surface area contributed by atoms with Gasteiger partial charge in [-0.15, -0.1) is 10.2 Å². The second-order valence-corrected chi connectivity index (χ2v) is 6.88. The van der Waals surface area contributed by atoms with Crippen LogP contribution in [0.15, 0.2) is 4.99 Å². The monoisotopic (exact) mass is 334 g/mol. The van der Waals surface area contributed by atoms with Crippen LogP contribution in [0.1, 0.15) is 56.6 Å². The van der Waals surface area contributed by atoms with Gasteiger partial charge in [0.15, 0.2) is 11.8 Å². The summed E-state index contributed by atoms with van der Waals surface area (Å²) in [6.45, 7) is 4.19. The van der Waals surface area contributed by atoms with Crippen molar-refractivity contribution in [2.24, 2.45) is 12.0 Å². The molecule has 0 radical (unpaired) electrons. The third-order valence-electron chi connectivity index (χ3n) is 5.03. The van der Waals surface area contributed by atoms with E-state index < -0.39 is 0 Å². The average molecular weight is 334 g/mol. The Hall–Kier alpha value is -1.63. The van der Waals surface area contributed by atoms with Crippen LogP contribution in [0.2, 0.25) is 0 Å². The Labute approximate surface area is 144 Å². The molecular weight excluding hydrogens is 304 g/mol. The van der Waals surface area contributed by atoms with Gasteiger partial charge in [0.05, 0.1) is 6.10 Å². The average Bonchev–Trinajstić information content (AvgIpc) is 3.23. The molecule has 0 aromatic carbocycles. The summed E-state index contributed by atoms with van der Waals surface area (Å²) in [7, 11) is 1.98. The van der Waals surface area contributed by atoms with Crippen LogP contribution in [0.3, 0.4) is 0 Å². The molecule has 24 heavy (non-hydrogen) atoms. The van der Waals surface area contributed by atoms with Crippen LogP contribution in [0.25, 0.3) is 0 Å². The SMILES string of the molecule is Cc1nnc(CN=C(NCC2CCCO2)NC2CCCCC2)n1C. The van der Waals surface area contributed by atoms with E-state index in [-0.39, 0.29) is 0 Å². The number of hydrogen-bond donors (Lipinski definition) is 2. The third-order valence-corrected chi connectivity index (χ3v) is 5.03. The van der Waals surface area contributed by atoms with Gasteiger partial charge in [0.25, 0.3) is 0 Å². The summed E-state index contributed by atoms with van der Waals surface area (Å²) in [6.07, 6.45) is 9.01. The molecule has 1 saturated carbocycles. The van der Waals surface area contributed by atoms with E-state index in [2.05, 4.69) is 20.8 Å². The van der Waals surface area contributed by atoms with E-state index in [1.807, 2.05) is 18.5 Å². The van der Waals surface area contributed by atoms with Crippen molar-refractivity contribution in [2.75, 3.05) is 13.2 Å². The van der Waals surface area contributed by atoms with Crippen LogP contribution in [0.4, 0.5) is 0 Å². The summed E-state index contributed by atoms with van der Waals surface area (Å²) >= 11 is 0. The maximum absolute atomic E-state index is 5.71. The lowest BCUT2D eigenvalue weighted by molar-refractivity contribution is 0.113. The fourth-order valence-electron chi connectivity index (χ4n) is 3.35. The molecule has 0 amide bonds. The van der Waals surface area contributed by atoms with Gasteiger partial charge in [0, 0.05) is 26.2 Å². The van der Waals surface area contributed by atoms with Gasteiger partial charge in [-0.1, -0.05) is 19.3 Å². The zero-order chi connectivity index (χ0) is 16.8. The summed E-state index contributed by atoms with van der Waals surface area (Å²) in [4.78, 5) is 4.74. The molecule has 1 atom stereocenters. The van der Waals surface area contributed by atoms with Crippen molar-refractivity contribution < 1.29 is 4.74 Å². The molecule has 2 heterocycles. The highest BCUT2D eigenvalue weighted by Gasteiger charge is 2.18. The molecule has 0 spiro atoms. The van der Waals surface area contributed by atoms with E-state index in [0.717, 1.165) is 43.6 Å². The first-order valence-electron chi connectivity index (χ1n) is 9.23. The minimum Gasteiger partial charge on any atom is -0.376 e. The van der Waals surface area contributed by atoms with E-state index in [4.69, 9.17) is 9.73 Å². The van der Waals surface area contributed by atoms with Crippen molar-refractivity contribution in [1.82, 2.24) is 25.4 Å². The Kier molecular flexibility index (Phi) is 6.07. The first-order valence-corrected chi connectivity index (χ1v) is 9.23. The highest BCUT2D eigenvalue weighted by atomic mass is 16.5. The predicted octanol–water partition coefficient (Wildman–Crippen LogP) is 1.67. The zero-order valence-electron chi connectivity index (χ0n) is 14.9. The molecule has 0 bridgehead atoms. The van der Waals surface area contributed by atoms with Gasteiger partial charge in [-0.25, -0.2) is 4.99 Å². The molecular formula is C17H30N6O. The fraction of sp³-hybridized carbons (Fsp3) is 0.824. The van der Waals surface area contributed by atoms with Crippen molar-refractivity contribution >= 4 is 5.96 Å². The summed E-state index contributed by atoms with van der Waals surface area (Å²) in [5.74, 6) is 2.67. The summed E-state index contributed by atoms with van der Waals surface area (Å²) in [5, 5.41) is 15.4. The van der Waals surface area contributed by atoms with Crippen LogP contribution in [0.5, 0.6) is 0 Å². The lowest BCUT2D eigenvalue weighted by Gasteiger charge is -2.25. The molecule has 2 N–H and O–H groups in total. The highest BCUT2D eigenvalue weighted by Crippen LogP contribution is 2.17. The molecule has 2 aliphatic rings. The molecule has 7 heteroatoms. The highest BCUT2D eigenvalue weighted by molar-refractivity contribution is 5.80. The van der Waals surface area contributed by atoms with Gasteiger partial charge in [0.2, 0.25) is 0 Å². The molecule has 1 saturated heterocycles. The van der Waals surface area contributed by atoms with E-state index in [0.29, 0.717) is 18.7 Å². The van der Waals surface area contributed by atoms with Gasteiger partial charge >= 0.3 is 0 Å². The van der Waals surface area contributed by atoms with E-state index >= 15 is 0 Å². The normalized spacial score (nSPS) is 22.8. The molecule has 134 valence electrons. The Morgan fingerprint density at radius 3 is 2.71 bits per heavy atom. The maximum Gasteiger partial charge on any atom is 0.192 e. The van der Waals surface area contributed by atoms with Crippen LogP contribution in [-0.2, 0) is 18.3 Å². The van der Waals surface area contributed by atoms with Crippen LogP contribution < -0.4 is 10.6 Å². The van der Waals surface area contributed by atoms with Crippen molar-refractivity contribution in [2.45, 2.75) is 70.6 Å². The standard InChI is InChI=1S/C17H30N6O/c1-13-21-22-16(23(13)2)12-19-17(18-11-15-9-6-10-24-15)20-14-7-4-3-5-8-14/h14-15H,3-12H2,1-2H3,(H2,18,19,20). The largest absolute Gasteiger partial charge is 0.376 e. The first-order chi connectivity index (χ1) is 11.7. The number of aliphatic imine (C=N–C) groups is 1. The van der Waals surface area contributed by atoms with Gasteiger partial charge in [-0.2, -0.15) is 0 Å². The van der Waals surface area contributed by atoms with E-state index in [1.165, 1.54) is 32.1 Å². The number of nitrogens with zero attached hydrogens (tertiary/aromatic N) is 4. The number of aryl methyl sites for hydroxylation is 1. The number of ether oxygens (including phenoxy) is 1. The van der Waals surface area contributed by atoms with Gasteiger partial charge in [-0.3, -0.25) is 0 Å². The van der Waals surface area contributed by atoms with Crippen LogP contribution in [0, 0.1) is 6.92 Å². The first kappa shape index (κ1) is 17.2. The van der Waals surface area contributed by atoms with Crippen LogP contribution in [-0.4, -0.2) is 46.0 Å². The number of guanidine groups is 1. The summed E-state index contributed by atoms with van der Waals surface area (Å²) in [6, 6.07) is 0.524. The van der Waals surface area contributed by atoms with Crippen molar-refractivity contribution in [1.29, 1.82) is 0 Å². The van der Waals surface area contributed by atoms with Crippen molar-refractivity contribution in [3.63, 3.8) is 0 Å². The van der Waals surface area contributed by atoms with Gasteiger partial charge in [-0.05, 0) is 32.6 Å². The smallest absolute Gasteiger partial charge is 0.192 e. The molecule has 1 aliphatic heterocycles. The molecule has 1 aliphatic carbocycles. The maximum atomic E-state index is 5.71. The minimum absolute atomic E-state index is 0.306. The predicted molar refractivity (Wildman–Crippen MR) is 93.9 cm³/mol. The lowest BCUT2D eigenvalue weighted by atomic mass is 9.96. The minimum atomic E-state index is 0.306. The van der Waals surface area contributed by atoms with Crippen LogP contribution >= 0.6 is 0 Å². The van der Waals surface area contributed by atoms with Crippen molar-refractivity contribution in [3.8, 4) is 0 Å². The molecule has 7 nitrogen and oxygen atoms in total. The van der Waals surface area contributed by atoms with E-state index in [1.54, 1.807) is 0 Å². The fourth-order valence-corrected chi connectivity index (χ4v) is 3.35. The molecule has 1 unspecified atom stereocenters. The number of hydrogen-bond acceptors (Lipinski definition) is 4. The lowest BCUT2D eigenvalue weighted by Crippen LogP contribution is -2.46. The van der Waals surface area contributed by atoms with Gasteiger partial charge in [0.1, 0.15) is 12.4 Å². The topological polar surface area (TPSA) is 76.4 Å². The quantitative estimate of drug-likeness (QED) is 0.633. The molecule has 2 fully saturated rings. The Bertz CT molecular complexity index is 543. The molecule has 1 aromatic heterocycles. The van der Waals surface area contributed by atoms with E-state index in [9.17, 15) is 0 Å². The summed E-state index contributed by atoms with van der Waals surface area (Å²) < 4.78 is 7.69. The van der Waals surface area contributed by atoms with Crippen molar-refractivity contribution in [3.05, 3.63) is 11.6 Å². The number of aromatic nitrogens is 3. The number of rotatable bonds is 5. The third kappa shape index (κ3) is 4.69. The number of nitrogens with one attached hydrogen (secondary N) is 2. The molecule has 1 aromatic rings. The van der Waals surface area contributed by atoms with Gasteiger partial charge < -0.3 is 19.9 Å². The summed E-state index contributed by atoms with van der Waals surface area (Å²) in [5.41, 5.74) is 0. The Morgan fingerprint density at radius 2 is 2.04 bits per heavy atom. The zero-order valence-corrected chi connectivity index (χ0v) is 14.9. The molecule has 3 rings (SSSR count). The Morgan fingerprint density at radius 1 is 1.21 bits per heavy atom. The Balaban J connectivity index is 1.60.